The van der Waals surface area contributed by atoms with Gasteiger partial charge in [0.25, 0.3) is 0 Å². The Balaban J connectivity index is 2.04. The number of hydrogen-bond donors (Lipinski definition) is 0. The molecule has 2 heterocycles. The van der Waals surface area contributed by atoms with Crippen LogP contribution in [-0.2, 0) is 14.6 Å². The lowest BCUT2D eigenvalue weighted by molar-refractivity contribution is -0.117. The summed E-state index contributed by atoms with van der Waals surface area (Å²) in [5.41, 5.74) is 0.587. The van der Waals surface area contributed by atoms with E-state index >= 15 is 0 Å². The first-order chi connectivity index (χ1) is 11.3. The van der Waals surface area contributed by atoms with E-state index in [2.05, 4.69) is 4.99 Å². The predicted molar refractivity (Wildman–Crippen MR) is 100 cm³/mol. The van der Waals surface area contributed by atoms with E-state index in [1.807, 2.05) is 6.92 Å². The molecule has 130 valence electrons. The first-order valence-corrected chi connectivity index (χ1v) is 11.0. The predicted octanol–water partition coefficient (Wildman–Crippen LogP) is 3.39. The molecule has 0 N–H and O–H groups in total. The van der Waals surface area contributed by atoms with Crippen LogP contribution in [0.25, 0.3) is 0 Å². The highest BCUT2D eigenvalue weighted by atomic mass is 35.5. The third-order valence-corrected chi connectivity index (χ3v) is 7.68. The van der Waals surface area contributed by atoms with E-state index in [4.69, 9.17) is 23.2 Å². The molecule has 0 bridgehead atoms. The van der Waals surface area contributed by atoms with E-state index in [9.17, 15) is 13.2 Å². The quantitative estimate of drug-likeness (QED) is 0.769. The zero-order chi connectivity index (χ0) is 17.5. The Labute approximate surface area is 155 Å². The van der Waals surface area contributed by atoms with Crippen molar-refractivity contribution in [1.82, 2.24) is 0 Å². The molecule has 5 nitrogen and oxygen atoms in total. The van der Waals surface area contributed by atoms with Crippen LogP contribution in [0.5, 0.6) is 0 Å². The van der Waals surface area contributed by atoms with Gasteiger partial charge in [0.2, 0.25) is 5.91 Å². The molecule has 0 aliphatic carbocycles. The highest BCUT2D eigenvalue weighted by molar-refractivity contribution is 8.16. The number of carbonyl (C=O) groups is 1. The minimum Gasteiger partial charge on any atom is -0.314 e. The summed E-state index contributed by atoms with van der Waals surface area (Å²) in [7, 11) is -3.11. The molecule has 0 unspecified atom stereocenters. The third kappa shape index (κ3) is 3.59. The topological polar surface area (TPSA) is 66.8 Å². The molecule has 9 heteroatoms. The lowest BCUT2D eigenvalue weighted by atomic mass is 10.2. The standard InChI is InChI=1S/C15H16Cl2N2O3S2/c1-2-3-14(20)18-15-19(11-6-9(16)4-5-10(11)17)12-7-24(21,22)8-13(12)23-15/h4-6,12-13H,2-3,7-8H2,1H3/t12-,13+/m1/s1. The van der Waals surface area contributed by atoms with Crippen LogP contribution in [0.2, 0.25) is 10.0 Å². The summed E-state index contributed by atoms with van der Waals surface area (Å²) in [5, 5.41) is 1.28. The molecule has 2 fully saturated rings. The van der Waals surface area contributed by atoms with Crippen LogP contribution >= 0.6 is 35.0 Å². The summed E-state index contributed by atoms with van der Waals surface area (Å²) in [6.07, 6.45) is 1.06. The molecule has 1 amide bonds. The number of fused-ring (bicyclic) bond motifs is 1. The maximum Gasteiger partial charge on any atom is 0.248 e. The second-order valence-corrected chi connectivity index (χ2v) is 10.0. The molecular weight excluding hydrogens is 391 g/mol. The van der Waals surface area contributed by atoms with Crippen molar-refractivity contribution in [1.29, 1.82) is 0 Å². The Bertz CT molecular complexity index is 811. The summed E-state index contributed by atoms with van der Waals surface area (Å²) >= 11 is 13.7. The minimum atomic E-state index is -3.11. The number of sulfone groups is 1. The fraction of sp³-hybridized carbons (Fsp3) is 0.467. The van der Waals surface area contributed by atoms with Gasteiger partial charge in [0.15, 0.2) is 15.0 Å². The van der Waals surface area contributed by atoms with E-state index in [0.717, 1.165) is 0 Å². The van der Waals surface area contributed by atoms with Gasteiger partial charge in [-0.25, -0.2) is 8.42 Å². The van der Waals surface area contributed by atoms with Gasteiger partial charge in [-0.2, -0.15) is 4.99 Å². The molecule has 3 rings (SSSR count). The van der Waals surface area contributed by atoms with Crippen LogP contribution in [0.15, 0.2) is 23.2 Å². The van der Waals surface area contributed by atoms with Gasteiger partial charge in [-0.15, -0.1) is 0 Å². The molecular formula is C15H16Cl2N2O3S2. The lowest BCUT2D eigenvalue weighted by Gasteiger charge is -2.25. The normalized spacial score (nSPS) is 26.8. The zero-order valence-corrected chi connectivity index (χ0v) is 16.1. The van der Waals surface area contributed by atoms with Crippen molar-refractivity contribution in [3.8, 4) is 0 Å². The summed E-state index contributed by atoms with van der Waals surface area (Å²) < 4.78 is 24.0. The number of hydrogen-bond acceptors (Lipinski definition) is 4. The average Bonchev–Trinajstić information content (AvgIpc) is 2.93. The van der Waals surface area contributed by atoms with E-state index in [-0.39, 0.29) is 28.7 Å². The molecule has 0 aromatic heterocycles. The third-order valence-electron chi connectivity index (χ3n) is 3.92. The first kappa shape index (κ1) is 18.0. The van der Waals surface area contributed by atoms with Crippen molar-refractivity contribution >= 4 is 61.6 Å². The van der Waals surface area contributed by atoms with Gasteiger partial charge >= 0.3 is 0 Å². The van der Waals surface area contributed by atoms with E-state index < -0.39 is 9.84 Å². The van der Waals surface area contributed by atoms with E-state index in [1.54, 1.807) is 23.1 Å². The number of amidine groups is 1. The molecule has 24 heavy (non-hydrogen) atoms. The zero-order valence-electron chi connectivity index (χ0n) is 12.9. The van der Waals surface area contributed by atoms with Crippen LogP contribution in [-0.4, -0.2) is 42.3 Å². The molecule has 2 atom stereocenters. The van der Waals surface area contributed by atoms with Crippen molar-refractivity contribution in [2.45, 2.75) is 31.1 Å². The smallest absolute Gasteiger partial charge is 0.248 e. The van der Waals surface area contributed by atoms with Crippen LogP contribution in [0.1, 0.15) is 19.8 Å². The van der Waals surface area contributed by atoms with Crippen molar-refractivity contribution in [2.75, 3.05) is 16.4 Å². The molecule has 2 aliphatic rings. The van der Waals surface area contributed by atoms with Crippen LogP contribution in [0.4, 0.5) is 5.69 Å². The second kappa shape index (κ2) is 6.86. The monoisotopic (exact) mass is 406 g/mol. The van der Waals surface area contributed by atoms with Crippen LogP contribution in [0, 0.1) is 0 Å². The SMILES string of the molecule is CCCC(=O)N=C1S[C@H]2CS(=O)(=O)C[C@H]2N1c1cc(Cl)ccc1Cl. The summed E-state index contributed by atoms with van der Waals surface area (Å²) in [6.45, 7) is 1.91. The number of benzene rings is 1. The Morgan fingerprint density at radius 2 is 2.12 bits per heavy atom. The van der Waals surface area contributed by atoms with Gasteiger partial charge < -0.3 is 4.90 Å². The lowest BCUT2D eigenvalue weighted by Crippen LogP contribution is -2.38. The minimum absolute atomic E-state index is 0.0223. The summed E-state index contributed by atoms with van der Waals surface area (Å²) in [5.74, 6) is -0.113. The molecule has 0 saturated carbocycles. The Hall–Kier alpha value is -0.760. The molecule has 1 aromatic rings. The number of carbonyl (C=O) groups excluding carboxylic acids is 1. The fourth-order valence-corrected chi connectivity index (χ4v) is 7.19. The number of amides is 1. The van der Waals surface area contributed by atoms with Crippen molar-refractivity contribution in [3.63, 3.8) is 0 Å². The van der Waals surface area contributed by atoms with Gasteiger partial charge in [0, 0.05) is 16.7 Å². The van der Waals surface area contributed by atoms with E-state index in [1.165, 1.54) is 11.8 Å². The van der Waals surface area contributed by atoms with Gasteiger partial charge in [-0.1, -0.05) is 41.9 Å². The number of nitrogens with zero attached hydrogens (tertiary/aromatic N) is 2. The number of rotatable bonds is 3. The van der Waals surface area contributed by atoms with Crippen LogP contribution in [0.3, 0.4) is 0 Å². The van der Waals surface area contributed by atoms with E-state index in [0.29, 0.717) is 33.7 Å². The summed E-state index contributed by atoms with van der Waals surface area (Å²) in [6, 6.07) is 4.71. The van der Waals surface area contributed by atoms with Gasteiger partial charge in [-0.05, 0) is 24.6 Å². The molecule has 0 radical (unpaired) electrons. The first-order valence-electron chi connectivity index (χ1n) is 7.53. The van der Waals surface area contributed by atoms with Crippen molar-refractivity contribution < 1.29 is 13.2 Å². The van der Waals surface area contributed by atoms with Crippen molar-refractivity contribution in [3.05, 3.63) is 28.2 Å². The largest absolute Gasteiger partial charge is 0.314 e. The average molecular weight is 407 g/mol. The van der Waals surface area contributed by atoms with Gasteiger partial charge in [0.1, 0.15) is 0 Å². The fourth-order valence-electron chi connectivity index (χ4n) is 2.89. The molecule has 0 spiro atoms. The Morgan fingerprint density at radius 3 is 2.83 bits per heavy atom. The maximum absolute atomic E-state index is 12.0. The second-order valence-electron chi connectivity index (χ2n) is 5.80. The number of anilines is 1. The number of thioether (sulfide) groups is 1. The van der Waals surface area contributed by atoms with Crippen LogP contribution < -0.4 is 4.90 Å². The number of aliphatic imine (C=N–C) groups is 1. The molecule has 2 aliphatic heterocycles. The highest BCUT2D eigenvalue weighted by Crippen LogP contribution is 2.43. The van der Waals surface area contributed by atoms with Crippen molar-refractivity contribution in [2.24, 2.45) is 4.99 Å². The molecule has 1 aromatic carbocycles. The van der Waals surface area contributed by atoms with Gasteiger partial charge in [0.05, 0.1) is 28.3 Å². The Kier molecular flexibility index (Phi) is 5.16. The highest BCUT2D eigenvalue weighted by Gasteiger charge is 2.49. The maximum atomic E-state index is 12.0. The van der Waals surface area contributed by atoms with Gasteiger partial charge in [-0.3, -0.25) is 4.79 Å². The number of halogens is 2. The molecule has 2 saturated heterocycles. The summed E-state index contributed by atoms with van der Waals surface area (Å²) in [4.78, 5) is 17.9. The Morgan fingerprint density at radius 1 is 1.38 bits per heavy atom.